The molecule has 0 spiro atoms. The minimum absolute atomic E-state index is 0.233. The van der Waals surface area contributed by atoms with Gasteiger partial charge in [0.25, 0.3) is 0 Å². The molecular weight excluding hydrogens is 604 g/mol. The first-order valence-electron chi connectivity index (χ1n) is 8.46. The average Bonchev–Trinajstić information content (AvgIpc) is 2.61. The fraction of sp³-hybridized carbons (Fsp3) is 0.238. The Balaban J connectivity index is 2.45. The number of hydrogen-bond donors (Lipinski definition) is 0. The average molecular weight is 624 g/mol. The molecule has 0 aliphatic rings. The topological polar surface area (TPSA) is 18.5 Å². The Labute approximate surface area is 194 Å². The zero-order valence-corrected chi connectivity index (χ0v) is 21.6. The van der Waals surface area contributed by atoms with Crippen molar-refractivity contribution < 1.29 is 9.47 Å². The summed E-state index contributed by atoms with van der Waals surface area (Å²) in [4.78, 5) is 0. The van der Waals surface area contributed by atoms with Crippen molar-refractivity contribution in [1.82, 2.24) is 0 Å². The van der Waals surface area contributed by atoms with Gasteiger partial charge in [-0.1, -0.05) is 19.1 Å². The second kappa shape index (κ2) is 10.8. The molecule has 0 bridgehead atoms. The van der Waals surface area contributed by atoms with Crippen LogP contribution in [0.5, 0.6) is 11.5 Å². The third-order valence-electron chi connectivity index (χ3n) is 3.90. The van der Waals surface area contributed by atoms with Crippen molar-refractivity contribution in [2.45, 2.75) is 33.1 Å². The molecule has 0 unspecified atom stereocenters. The lowest BCUT2D eigenvalue weighted by Gasteiger charge is -2.20. The van der Waals surface area contributed by atoms with E-state index in [9.17, 15) is 0 Å². The molecule has 144 valence electrons. The fourth-order valence-corrected chi connectivity index (χ4v) is 5.54. The van der Waals surface area contributed by atoms with Gasteiger partial charge in [0.1, 0.15) is 0 Å². The first-order chi connectivity index (χ1) is 12.9. The number of hydrogen-bond acceptors (Lipinski definition) is 2. The maximum absolute atomic E-state index is 5.67. The molecule has 0 radical (unpaired) electrons. The monoisotopic (exact) mass is 620 g/mol. The minimum atomic E-state index is 0.233. The van der Waals surface area contributed by atoms with Gasteiger partial charge >= 0.3 is 0 Å². The third-order valence-corrected chi connectivity index (χ3v) is 6.25. The van der Waals surface area contributed by atoms with Crippen molar-refractivity contribution in [1.29, 1.82) is 0 Å². The maximum Gasteiger partial charge on any atom is 0.154 e. The van der Waals surface area contributed by atoms with E-state index in [-0.39, 0.29) is 5.92 Å². The normalized spacial score (nSPS) is 12.7. The van der Waals surface area contributed by atoms with Crippen molar-refractivity contribution in [3.8, 4) is 11.5 Å². The van der Waals surface area contributed by atoms with Crippen LogP contribution in [0.25, 0.3) is 0 Å². The van der Waals surface area contributed by atoms with Gasteiger partial charge in [-0.2, -0.15) is 0 Å². The van der Waals surface area contributed by atoms with E-state index >= 15 is 0 Å². The van der Waals surface area contributed by atoms with E-state index < -0.39 is 0 Å². The van der Waals surface area contributed by atoms with Gasteiger partial charge < -0.3 is 9.47 Å². The van der Waals surface area contributed by atoms with Crippen LogP contribution in [-0.4, -0.2) is 0 Å². The lowest BCUT2D eigenvalue weighted by molar-refractivity contribution is 0.473. The molecule has 0 amide bonds. The lowest BCUT2D eigenvalue weighted by atomic mass is 9.89. The van der Waals surface area contributed by atoms with Crippen LogP contribution in [0.3, 0.4) is 0 Å². The molecule has 0 aliphatic heterocycles. The zero-order valence-electron chi connectivity index (χ0n) is 15.2. The smallest absolute Gasteiger partial charge is 0.154 e. The Bertz CT molecular complexity index is 744. The fourth-order valence-electron chi connectivity index (χ4n) is 2.72. The third kappa shape index (κ3) is 5.72. The molecule has 2 aromatic carbocycles. The predicted octanol–water partition coefficient (Wildman–Crippen LogP) is 9.10. The molecule has 0 saturated heterocycles. The Hall–Kier alpha value is -0.560. The largest absolute Gasteiger partial charge is 0.463 e. The van der Waals surface area contributed by atoms with Crippen LogP contribution in [0, 0.1) is 0 Å². The summed E-state index contributed by atoms with van der Waals surface area (Å²) >= 11 is 14.5. The zero-order chi connectivity index (χ0) is 20.0. The first-order valence-corrected chi connectivity index (χ1v) is 11.6. The van der Waals surface area contributed by atoms with Gasteiger partial charge in [0.05, 0.1) is 30.4 Å². The van der Waals surface area contributed by atoms with E-state index in [0.29, 0.717) is 0 Å². The molecule has 0 aromatic heterocycles. The van der Waals surface area contributed by atoms with Crippen LogP contribution >= 0.6 is 63.7 Å². The molecule has 2 rings (SSSR count). The molecule has 2 aromatic rings. The second-order valence-corrected chi connectivity index (χ2v) is 9.18. The van der Waals surface area contributed by atoms with Gasteiger partial charge in [0.15, 0.2) is 11.5 Å². The van der Waals surface area contributed by atoms with Crippen LogP contribution in [0.4, 0.5) is 0 Å². The van der Waals surface area contributed by atoms with E-state index in [0.717, 1.165) is 35.8 Å². The minimum Gasteiger partial charge on any atom is -0.463 e. The van der Waals surface area contributed by atoms with E-state index in [1.54, 1.807) is 12.5 Å². The predicted molar refractivity (Wildman–Crippen MR) is 127 cm³/mol. The summed E-state index contributed by atoms with van der Waals surface area (Å²) in [7, 11) is 0. The standard InChI is InChI=1S/C21H20Br4O2/c1-4-7-26-20-16(22)9-13(10-17(20)23)15(6-3)14-11-18(24)21(19(25)12-14)27-8-5-2/h4-5,7-12,15H,6H2,1-3H3. The van der Waals surface area contributed by atoms with Crippen LogP contribution in [-0.2, 0) is 0 Å². The Morgan fingerprint density at radius 3 is 1.33 bits per heavy atom. The molecule has 0 heterocycles. The summed E-state index contributed by atoms with van der Waals surface area (Å²) in [5.74, 6) is 1.77. The van der Waals surface area contributed by atoms with Gasteiger partial charge in [-0.15, -0.1) is 0 Å². The highest BCUT2D eigenvalue weighted by molar-refractivity contribution is 9.11. The number of ether oxygens (including phenoxy) is 2. The summed E-state index contributed by atoms with van der Waals surface area (Å²) in [6.45, 7) is 6.02. The molecule has 0 fully saturated rings. The highest BCUT2D eigenvalue weighted by Crippen LogP contribution is 2.42. The van der Waals surface area contributed by atoms with E-state index in [1.165, 1.54) is 11.1 Å². The molecular formula is C21H20Br4O2. The first kappa shape index (κ1) is 22.7. The van der Waals surface area contributed by atoms with Crippen LogP contribution in [0.2, 0.25) is 0 Å². The van der Waals surface area contributed by atoms with E-state index in [2.05, 4.69) is 94.9 Å². The number of allylic oxidation sites excluding steroid dienone is 2. The molecule has 0 atom stereocenters. The highest BCUT2D eigenvalue weighted by Gasteiger charge is 2.19. The van der Waals surface area contributed by atoms with Crippen LogP contribution in [0.15, 0.2) is 66.8 Å². The molecule has 27 heavy (non-hydrogen) atoms. The summed E-state index contributed by atoms with van der Waals surface area (Å²) < 4.78 is 15.0. The SMILES string of the molecule is CC=COc1c(Br)cc(C(CC)c2cc(Br)c(OC=CC)c(Br)c2)cc1Br. The molecule has 0 saturated carbocycles. The Morgan fingerprint density at radius 2 is 1.07 bits per heavy atom. The Morgan fingerprint density at radius 1 is 0.741 bits per heavy atom. The summed E-state index contributed by atoms with van der Waals surface area (Å²) in [5.41, 5.74) is 2.40. The van der Waals surface area contributed by atoms with Crippen molar-refractivity contribution in [3.63, 3.8) is 0 Å². The summed E-state index contributed by atoms with van der Waals surface area (Å²) in [6.07, 6.45) is 8.00. The summed E-state index contributed by atoms with van der Waals surface area (Å²) in [5, 5.41) is 0. The van der Waals surface area contributed by atoms with Crippen molar-refractivity contribution in [2.24, 2.45) is 0 Å². The quantitative estimate of drug-likeness (QED) is 0.287. The highest BCUT2D eigenvalue weighted by atomic mass is 79.9. The molecule has 0 N–H and O–H groups in total. The van der Waals surface area contributed by atoms with Gasteiger partial charge in [0.2, 0.25) is 0 Å². The van der Waals surface area contributed by atoms with Crippen molar-refractivity contribution in [2.75, 3.05) is 0 Å². The van der Waals surface area contributed by atoms with Gasteiger partial charge in [-0.05, 0) is 119 Å². The number of halogens is 4. The number of benzene rings is 2. The van der Waals surface area contributed by atoms with Crippen molar-refractivity contribution >= 4 is 63.7 Å². The van der Waals surface area contributed by atoms with Crippen LogP contribution in [0.1, 0.15) is 44.2 Å². The van der Waals surface area contributed by atoms with Crippen LogP contribution < -0.4 is 9.47 Å². The summed E-state index contributed by atoms with van der Waals surface area (Å²) in [6, 6.07) is 8.46. The molecule has 6 heteroatoms. The molecule has 2 nitrogen and oxygen atoms in total. The van der Waals surface area contributed by atoms with Crippen molar-refractivity contribution in [3.05, 3.63) is 78.0 Å². The van der Waals surface area contributed by atoms with Gasteiger partial charge in [-0.25, -0.2) is 0 Å². The Kier molecular flexibility index (Phi) is 9.12. The number of rotatable bonds is 7. The second-order valence-electron chi connectivity index (χ2n) is 5.76. The van der Waals surface area contributed by atoms with E-state index in [4.69, 9.17) is 9.47 Å². The van der Waals surface area contributed by atoms with Gasteiger partial charge in [-0.3, -0.25) is 0 Å². The van der Waals surface area contributed by atoms with E-state index in [1.807, 2.05) is 26.0 Å². The van der Waals surface area contributed by atoms with Gasteiger partial charge in [0, 0.05) is 5.92 Å². The molecule has 0 aliphatic carbocycles. The lowest BCUT2D eigenvalue weighted by Crippen LogP contribution is -2.02. The maximum atomic E-state index is 5.67.